The summed E-state index contributed by atoms with van der Waals surface area (Å²) in [5, 5.41) is 6.53. The number of nitrogens with one attached hydrogen (secondary N) is 2. The molecule has 6 nitrogen and oxygen atoms in total. The molecule has 1 aliphatic heterocycles. The van der Waals surface area contributed by atoms with Crippen molar-refractivity contribution in [1.82, 2.24) is 15.6 Å². The molecular weight excluding hydrogens is 414 g/mol. The molecule has 1 fully saturated rings. The van der Waals surface area contributed by atoms with E-state index in [1.807, 2.05) is 11.8 Å². The highest BCUT2D eigenvalue weighted by Crippen LogP contribution is 2.21. The second kappa shape index (κ2) is 10.3. The van der Waals surface area contributed by atoms with Gasteiger partial charge in [-0.2, -0.15) is 13.2 Å². The summed E-state index contributed by atoms with van der Waals surface area (Å²) in [6.07, 6.45) is -1.98. The van der Waals surface area contributed by atoms with Crippen LogP contribution in [0.3, 0.4) is 0 Å². The van der Waals surface area contributed by atoms with Crippen LogP contribution >= 0.6 is 0 Å². The number of halogens is 4. The van der Waals surface area contributed by atoms with E-state index >= 15 is 0 Å². The lowest BCUT2D eigenvalue weighted by atomic mass is 10.2. The van der Waals surface area contributed by atoms with E-state index in [1.165, 1.54) is 18.2 Å². The quantitative estimate of drug-likeness (QED) is 0.393. The summed E-state index contributed by atoms with van der Waals surface area (Å²) in [7, 11) is 0. The lowest BCUT2D eigenvalue weighted by molar-refractivity contribution is -0.153. The second-order valence-corrected chi connectivity index (χ2v) is 7.13. The highest BCUT2D eigenvalue weighted by Gasteiger charge is 2.28. The minimum Gasteiger partial charge on any atom is -0.484 e. The SMILES string of the molecule is CCNC(=NCc1ccc(OCC(F)(F)F)cc1)NC1CCN(c2ncccc2F)C1. The maximum atomic E-state index is 14.0. The van der Waals surface area contributed by atoms with Crippen molar-refractivity contribution < 1.29 is 22.3 Å². The van der Waals surface area contributed by atoms with Crippen LogP contribution in [0.4, 0.5) is 23.4 Å². The van der Waals surface area contributed by atoms with E-state index in [4.69, 9.17) is 4.74 Å². The maximum Gasteiger partial charge on any atom is 0.422 e. The van der Waals surface area contributed by atoms with Gasteiger partial charge in [0.2, 0.25) is 0 Å². The molecule has 2 N–H and O–H groups in total. The average molecular weight is 439 g/mol. The van der Waals surface area contributed by atoms with Gasteiger partial charge >= 0.3 is 6.18 Å². The lowest BCUT2D eigenvalue weighted by Crippen LogP contribution is -2.44. The molecule has 0 spiro atoms. The number of nitrogens with zero attached hydrogens (tertiary/aromatic N) is 3. The number of alkyl halides is 3. The Morgan fingerprint density at radius 2 is 2.03 bits per heavy atom. The normalized spacial score (nSPS) is 17.0. The van der Waals surface area contributed by atoms with E-state index in [2.05, 4.69) is 20.6 Å². The van der Waals surface area contributed by atoms with E-state index in [-0.39, 0.29) is 17.6 Å². The molecule has 0 saturated carbocycles. The van der Waals surface area contributed by atoms with E-state index in [1.54, 1.807) is 24.4 Å². The molecule has 0 amide bonds. The fourth-order valence-electron chi connectivity index (χ4n) is 3.22. The average Bonchev–Trinajstić information content (AvgIpc) is 3.19. The zero-order valence-corrected chi connectivity index (χ0v) is 17.1. The largest absolute Gasteiger partial charge is 0.484 e. The Balaban J connectivity index is 1.55. The van der Waals surface area contributed by atoms with E-state index in [0.29, 0.717) is 38.0 Å². The molecule has 0 radical (unpaired) electrons. The summed E-state index contributed by atoms with van der Waals surface area (Å²) < 4.78 is 55.4. The van der Waals surface area contributed by atoms with Gasteiger partial charge in [-0.15, -0.1) is 0 Å². The molecule has 1 aromatic heterocycles. The summed E-state index contributed by atoms with van der Waals surface area (Å²) in [6.45, 7) is 2.93. The number of hydrogen-bond donors (Lipinski definition) is 2. The van der Waals surface area contributed by atoms with Gasteiger partial charge in [0, 0.05) is 31.9 Å². The molecule has 10 heteroatoms. The summed E-state index contributed by atoms with van der Waals surface area (Å²) in [6, 6.07) is 9.39. The Morgan fingerprint density at radius 3 is 2.71 bits per heavy atom. The first kappa shape index (κ1) is 22.6. The number of benzene rings is 1. The van der Waals surface area contributed by atoms with Crippen molar-refractivity contribution >= 4 is 11.8 Å². The number of aliphatic imine (C=N–C) groups is 1. The number of ether oxygens (including phenoxy) is 1. The van der Waals surface area contributed by atoms with Gasteiger partial charge in [-0.1, -0.05) is 12.1 Å². The Labute approximate surface area is 178 Å². The summed E-state index contributed by atoms with van der Waals surface area (Å²) >= 11 is 0. The fraction of sp³-hybridized carbons (Fsp3) is 0.429. The van der Waals surface area contributed by atoms with Crippen LogP contribution in [0.2, 0.25) is 0 Å². The van der Waals surface area contributed by atoms with Crippen molar-refractivity contribution in [2.45, 2.75) is 32.1 Å². The molecule has 0 aliphatic carbocycles. The number of anilines is 1. The first-order chi connectivity index (χ1) is 14.8. The molecule has 1 atom stereocenters. The molecule has 3 rings (SSSR count). The summed E-state index contributed by atoms with van der Waals surface area (Å²) in [5.41, 5.74) is 0.833. The van der Waals surface area contributed by atoms with Crippen LogP contribution in [0.5, 0.6) is 5.75 Å². The zero-order valence-electron chi connectivity index (χ0n) is 17.1. The smallest absolute Gasteiger partial charge is 0.422 e. The fourth-order valence-corrected chi connectivity index (χ4v) is 3.22. The maximum absolute atomic E-state index is 14.0. The van der Waals surface area contributed by atoms with Crippen LogP contribution in [0.1, 0.15) is 18.9 Å². The topological polar surface area (TPSA) is 61.8 Å². The third kappa shape index (κ3) is 7.01. The van der Waals surface area contributed by atoms with Crippen LogP contribution in [-0.4, -0.2) is 49.4 Å². The number of guanidine groups is 1. The molecular formula is C21H25F4N5O. The van der Waals surface area contributed by atoms with Crippen LogP contribution in [0.15, 0.2) is 47.6 Å². The second-order valence-electron chi connectivity index (χ2n) is 7.13. The van der Waals surface area contributed by atoms with Crippen molar-refractivity contribution in [3.05, 3.63) is 54.0 Å². The van der Waals surface area contributed by atoms with Crippen LogP contribution < -0.4 is 20.3 Å². The van der Waals surface area contributed by atoms with Crippen LogP contribution in [-0.2, 0) is 6.54 Å². The predicted octanol–water partition coefficient (Wildman–Crippen LogP) is 3.50. The third-order valence-electron chi connectivity index (χ3n) is 4.66. The number of aromatic nitrogens is 1. The first-order valence-corrected chi connectivity index (χ1v) is 10.0. The third-order valence-corrected chi connectivity index (χ3v) is 4.66. The van der Waals surface area contributed by atoms with Gasteiger partial charge in [0.1, 0.15) is 5.75 Å². The van der Waals surface area contributed by atoms with Gasteiger partial charge in [0.25, 0.3) is 0 Å². The van der Waals surface area contributed by atoms with Crippen LogP contribution in [0, 0.1) is 5.82 Å². The standard InChI is InChI=1S/C21H25F4N5O/c1-2-26-20(28-12-15-5-7-17(8-6-15)31-14-21(23,24)25)29-16-9-11-30(13-16)19-18(22)4-3-10-27-19/h3-8,10,16H,2,9,11-14H2,1H3,(H2,26,28,29). The van der Waals surface area contributed by atoms with Gasteiger partial charge in [-0.3, -0.25) is 0 Å². The lowest BCUT2D eigenvalue weighted by Gasteiger charge is -2.20. The van der Waals surface area contributed by atoms with E-state index < -0.39 is 12.8 Å². The minimum atomic E-state index is -4.37. The van der Waals surface area contributed by atoms with Gasteiger partial charge in [-0.05, 0) is 43.2 Å². The molecule has 1 aromatic carbocycles. The van der Waals surface area contributed by atoms with Crippen molar-refractivity contribution in [2.75, 3.05) is 31.1 Å². The van der Waals surface area contributed by atoms with Gasteiger partial charge < -0.3 is 20.3 Å². The number of rotatable bonds is 7. The Bertz CT molecular complexity index is 873. The molecule has 31 heavy (non-hydrogen) atoms. The molecule has 1 unspecified atom stereocenters. The number of hydrogen-bond acceptors (Lipinski definition) is 4. The van der Waals surface area contributed by atoms with Gasteiger partial charge in [-0.25, -0.2) is 14.4 Å². The zero-order chi connectivity index (χ0) is 22.3. The van der Waals surface area contributed by atoms with Crippen molar-refractivity contribution in [3.8, 4) is 5.75 Å². The minimum absolute atomic E-state index is 0.0809. The first-order valence-electron chi connectivity index (χ1n) is 10.0. The molecule has 1 saturated heterocycles. The highest BCUT2D eigenvalue weighted by atomic mass is 19.4. The van der Waals surface area contributed by atoms with E-state index in [0.717, 1.165) is 12.0 Å². The predicted molar refractivity (Wildman–Crippen MR) is 111 cm³/mol. The number of pyridine rings is 1. The molecule has 168 valence electrons. The summed E-state index contributed by atoms with van der Waals surface area (Å²) in [5.74, 6) is 0.782. The molecule has 1 aliphatic rings. The van der Waals surface area contributed by atoms with Gasteiger partial charge in [0.15, 0.2) is 24.2 Å². The van der Waals surface area contributed by atoms with E-state index in [9.17, 15) is 17.6 Å². The van der Waals surface area contributed by atoms with Crippen molar-refractivity contribution in [2.24, 2.45) is 4.99 Å². The molecule has 2 heterocycles. The molecule has 0 bridgehead atoms. The van der Waals surface area contributed by atoms with Gasteiger partial charge in [0.05, 0.1) is 6.54 Å². The Kier molecular flexibility index (Phi) is 7.54. The Morgan fingerprint density at radius 1 is 1.26 bits per heavy atom. The highest BCUT2D eigenvalue weighted by molar-refractivity contribution is 5.80. The van der Waals surface area contributed by atoms with Crippen molar-refractivity contribution in [1.29, 1.82) is 0 Å². The van der Waals surface area contributed by atoms with Crippen molar-refractivity contribution in [3.63, 3.8) is 0 Å². The monoisotopic (exact) mass is 439 g/mol. The molecule has 2 aromatic rings. The summed E-state index contributed by atoms with van der Waals surface area (Å²) in [4.78, 5) is 10.6. The van der Waals surface area contributed by atoms with Crippen LogP contribution in [0.25, 0.3) is 0 Å². The Hall–Kier alpha value is -3.04.